The first-order valence-electron chi connectivity index (χ1n) is 6.59. The highest BCUT2D eigenvalue weighted by Crippen LogP contribution is 2.20. The van der Waals surface area contributed by atoms with E-state index in [1.165, 1.54) is 18.4 Å². The van der Waals surface area contributed by atoms with Gasteiger partial charge in [0.05, 0.1) is 12.8 Å². The highest BCUT2D eigenvalue weighted by atomic mass is 16.5. The van der Waals surface area contributed by atoms with Gasteiger partial charge in [0.1, 0.15) is 0 Å². The minimum atomic E-state index is 0.504. The molecule has 1 N–H and O–H groups in total. The quantitative estimate of drug-likeness (QED) is 0.842. The summed E-state index contributed by atoms with van der Waals surface area (Å²) in [6, 6.07) is 0.504. The van der Waals surface area contributed by atoms with E-state index in [1.54, 1.807) is 0 Å². The van der Waals surface area contributed by atoms with Crippen LogP contribution < -0.4 is 5.32 Å². The first-order chi connectivity index (χ1) is 8.33. The lowest BCUT2D eigenvalue weighted by Crippen LogP contribution is -2.39. The summed E-state index contributed by atoms with van der Waals surface area (Å²) in [6.45, 7) is 4.88. The molecular formula is C13H23N3O. The van der Waals surface area contributed by atoms with Crippen LogP contribution in [0, 0.1) is 5.92 Å². The number of nitrogens with one attached hydrogen (secondary N) is 1. The lowest BCUT2D eigenvalue weighted by atomic mass is 9.90. The summed E-state index contributed by atoms with van der Waals surface area (Å²) in [5.41, 5.74) is 1.32. The minimum absolute atomic E-state index is 0.504. The van der Waals surface area contributed by atoms with E-state index in [-0.39, 0.29) is 0 Å². The Morgan fingerprint density at radius 3 is 3.12 bits per heavy atom. The summed E-state index contributed by atoms with van der Waals surface area (Å²) in [7, 11) is 2.05. The molecule has 2 rings (SSSR count). The molecule has 0 spiro atoms. The van der Waals surface area contributed by atoms with Gasteiger partial charge in [0.15, 0.2) is 0 Å². The molecule has 17 heavy (non-hydrogen) atoms. The van der Waals surface area contributed by atoms with Gasteiger partial charge in [0.25, 0.3) is 0 Å². The molecule has 2 unspecified atom stereocenters. The van der Waals surface area contributed by atoms with Crippen molar-refractivity contribution in [3.63, 3.8) is 0 Å². The van der Waals surface area contributed by atoms with Crippen LogP contribution in [0.4, 0.5) is 0 Å². The largest absolute Gasteiger partial charge is 0.381 e. The zero-order chi connectivity index (χ0) is 12.1. The molecule has 0 saturated carbocycles. The predicted molar refractivity (Wildman–Crippen MR) is 68.0 cm³/mol. The van der Waals surface area contributed by atoms with Crippen molar-refractivity contribution in [1.82, 2.24) is 15.1 Å². The van der Waals surface area contributed by atoms with Crippen molar-refractivity contribution in [3.8, 4) is 0 Å². The smallest absolute Gasteiger partial charge is 0.0522 e. The number of hydrogen-bond donors (Lipinski definition) is 1. The topological polar surface area (TPSA) is 39.1 Å². The molecule has 1 aliphatic rings. The summed E-state index contributed by atoms with van der Waals surface area (Å²) in [5.74, 6) is 0.638. The molecule has 4 nitrogen and oxygen atoms in total. The van der Waals surface area contributed by atoms with Crippen molar-refractivity contribution in [2.45, 2.75) is 38.8 Å². The Morgan fingerprint density at radius 1 is 1.65 bits per heavy atom. The average Bonchev–Trinajstić information content (AvgIpc) is 2.84. The first kappa shape index (κ1) is 12.6. The van der Waals surface area contributed by atoms with Gasteiger partial charge >= 0.3 is 0 Å². The molecule has 0 amide bonds. The number of nitrogens with zero attached hydrogens (tertiary/aromatic N) is 2. The van der Waals surface area contributed by atoms with Gasteiger partial charge in [-0.3, -0.25) is 4.68 Å². The summed E-state index contributed by atoms with van der Waals surface area (Å²) in [6.07, 6.45) is 7.64. The third kappa shape index (κ3) is 3.30. The van der Waals surface area contributed by atoms with Crippen LogP contribution in [0.25, 0.3) is 0 Å². The van der Waals surface area contributed by atoms with Crippen molar-refractivity contribution in [2.75, 3.05) is 20.3 Å². The lowest BCUT2D eigenvalue weighted by molar-refractivity contribution is 0.0405. The van der Waals surface area contributed by atoms with Gasteiger partial charge in [-0.15, -0.1) is 0 Å². The SMILES string of the molecule is CCn1cc(CC(NC)C2CCCOC2)cn1. The summed E-state index contributed by atoms with van der Waals surface area (Å²) >= 11 is 0. The van der Waals surface area contributed by atoms with E-state index >= 15 is 0 Å². The number of rotatable bonds is 5. The van der Waals surface area contributed by atoms with Crippen LogP contribution in [-0.4, -0.2) is 36.1 Å². The van der Waals surface area contributed by atoms with Crippen molar-refractivity contribution in [1.29, 1.82) is 0 Å². The van der Waals surface area contributed by atoms with Gasteiger partial charge in [-0.05, 0) is 44.7 Å². The molecule has 0 radical (unpaired) electrons. The normalized spacial score (nSPS) is 22.6. The lowest BCUT2D eigenvalue weighted by Gasteiger charge is -2.29. The number of ether oxygens (including phenoxy) is 1. The van der Waals surface area contributed by atoms with Gasteiger partial charge in [0.2, 0.25) is 0 Å². The Hall–Kier alpha value is -0.870. The van der Waals surface area contributed by atoms with Crippen LogP contribution in [0.1, 0.15) is 25.3 Å². The predicted octanol–water partition coefficient (Wildman–Crippen LogP) is 1.46. The van der Waals surface area contributed by atoms with E-state index in [2.05, 4.69) is 23.5 Å². The number of hydrogen-bond acceptors (Lipinski definition) is 3. The Morgan fingerprint density at radius 2 is 2.53 bits per heavy atom. The molecule has 1 fully saturated rings. The van der Waals surface area contributed by atoms with E-state index < -0.39 is 0 Å². The molecule has 0 bridgehead atoms. The fraction of sp³-hybridized carbons (Fsp3) is 0.769. The third-order valence-corrected chi connectivity index (χ3v) is 3.60. The summed E-state index contributed by atoms with van der Waals surface area (Å²) in [4.78, 5) is 0. The maximum absolute atomic E-state index is 5.57. The maximum atomic E-state index is 5.57. The number of likely N-dealkylation sites (N-methyl/N-ethyl adjacent to an activating group) is 1. The second-order valence-corrected chi connectivity index (χ2v) is 4.78. The van der Waals surface area contributed by atoms with E-state index in [1.807, 2.05) is 17.9 Å². The van der Waals surface area contributed by atoms with Crippen molar-refractivity contribution < 1.29 is 4.74 Å². The Labute approximate surface area is 103 Å². The van der Waals surface area contributed by atoms with E-state index in [0.717, 1.165) is 26.2 Å². The standard InChI is InChI=1S/C13H23N3O/c1-3-16-9-11(8-15-16)7-13(14-2)12-5-4-6-17-10-12/h8-9,12-14H,3-7,10H2,1-2H3. The molecular weight excluding hydrogens is 214 g/mol. The van der Waals surface area contributed by atoms with E-state index in [4.69, 9.17) is 4.74 Å². The minimum Gasteiger partial charge on any atom is -0.381 e. The van der Waals surface area contributed by atoms with Gasteiger partial charge in [-0.2, -0.15) is 5.10 Å². The fourth-order valence-corrected chi connectivity index (χ4v) is 2.53. The van der Waals surface area contributed by atoms with Crippen LogP contribution in [0.3, 0.4) is 0 Å². The Bertz CT molecular complexity index is 331. The molecule has 96 valence electrons. The van der Waals surface area contributed by atoms with Crippen LogP contribution in [-0.2, 0) is 17.7 Å². The molecule has 1 aromatic heterocycles. The highest BCUT2D eigenvalue weighted by molar-refractivity contribution is 5.07. The van der Waals surface area contributed by atoms with E-state index in [9.17, 15) is 0 Å². The van der Waals surface area contributed by atoms with Gasteiger partial charge in [-0.25, -0.2) is 0 Å². The van der Waals surface area contributed by atoms with Crippen molar-refractivity contribution >= 4 is 0 Å². The fourth-order valence-electron chi connectivity index (χ4n) is 2.53. The van der Waals surface area contributed by atoms with Gasteiger partial charge in [0, 0.05) is 25.4 Å². The molecule has 0 aromatic carbocycles. The second kappa shape index (κ2) is 6.17. The van der Waals surface area contributed by atoms with E-state index in [0.29, 0.717) is 12.0 Å². The van der Waals surface area contributed by atoms with Gasteiger partial charge < -0.3 is 10.1 Å². The Kier molecular flexibility index (Phi) is 4.57. The second-order valence-electron chi connectivity index (χ2n) is 4.78. The van der Waals surface area contributed by atoms with Crippen molar-refractivity contribution in [2.24, 2.45) is 5.92 Å². The summed E-state index contributed by atoms with van der Waals surface area (Å²) < 4.78 is 7.55. The number of aromatic nitrogens is 2. The molecule has 0 aliphatic carbocycles. The van der Waals surface area contributed by atoms with Crippen LogP contribution in [0.5, 0.6) is 0 Å². The van der Waals surface area contributed by atoms with Crippen LogP contribution in [0.2, 0.25) is 0 Å². The van der Waals surface area contributed by atoms with Crippen molar-refractivity contribution in [3.05, 3.63) is 18.0 Å². The highest BCUT2D eigenvalue weighted by Gasteiger charge is 2.23. The molecule has 1 aromatic rings. The first-order valence-corrected chi connectivity index (χ1v) is 6.59. The van der Waals surface area contributed by atoms with Crippen LogP contribution >= 0.6 is 0 Å². The number of aryl methyl sites for hydroxylation is 1. The van der Waals surface area contributed by atoms with Gasteiger partial charge in [-0.1, -0.05) is 0 Å². The third-order valence-electron chi connectivity index (χ3n) is 3.60. The zero-order valence-corrected chi connectivity index (χ0v) is 10.9. The Balaban J connectivity index is 1.93. The molecule has 2 atom stereocenters. The van der Waals surface area contributed by atoms with Crippen LogP contribution in [0.15, 0.2) is 12.4 Å². The molecule has 1 saturated heterocycles. The monoisotopic (exact) mass is 237 g/mol. The zero-order valence-electron chi connectivity index (χ0n) is 10.9. The summed E-state index contributed by atoms with van der Waals surface area (Å²) in [5, 5.41) is 7.76. The molecule has 2 heterocycles. The maximum Gasteiger partial charge on any atom is 0.0522 e. The molecule has 4 heteroatoms. The molecule has 1 aliphatic heterocycles. The average molecular weight is 237 g/mol.